The number of pyridine rings is 2. The first-order valence-corrected chi connectivity index (χ1v) is 12.5. The van der Waals surface area contributed by atoms with Crippen LogP contribution in [0.3, 0.4) is 0 Å². The van der Waals surface area contributed by atoms with E-state index in [9.17, 15) is 14.7 Å². The number of nitrogens with zero attached hydrogens (tertiary/aromatic N) is 5. The van der Waals surface area contributed by atoms with Crippen molar-refractivity contribution in [3.63, 3.8) is 0 Å². The van der Waals surface area contributed by atoms with Crippen molar-refractivity contribution < 1.29 is 14.7 Å². The molecule has 39 heavy (non-hydrogen) atoms. The molecule has 1 amide bonds. The lowest BCUT2D eigenvalue weighted by atomic mass is 9.86. The molecule has 9 heteroatoms. The van der Waals surface area contributed by atoms with Gasteiger partial charge in [-0.3, -0.25) is 19.2 Å². The predicted octanol–water partition coefficient (Wildman–Crippen LogP) is 4.42. The van der Waals surface area contributed by atoms with Gasteiger partial charge in [0, 0.05) is 41.3 Å². The summed E-state index contributed by atoms with van der Waals surface area (Å²) in [5, 5.41) is 13.2. The van der Waals surface area contributed by atoms with E-state index in [-0.39, 0.29) is 11.1 Å². The lowest BCUT2D eigenvalue weighted by Gasteiger charge is -2.27. The fraction of sp³-hybridized carbons (Fsp3) is 0.200. The number of aliphatic carboxylic acids is 1. The molecule has 0 saturated heterocycles. The number of imidazole rings is 1. The standard InChI is InChI=1S/C30H26N6O3/c1-29(2,3)25(27(38)39)35-26(37)23-8-6-19(14-32-23)20-15-33-28-34-16-24(36(28)17-20)30(10-11-30)21-7-9-22-18(13-21)5-4-12-31-22/h4-17,25H,1-3H3,(H,35,37)(H,38,39)/t25-/m1/s1. The molecule has 0 unspecified atom stereocenters. The van der Waals surface area contributed by atoms with Crippen LogP contribution < -0.4 is 5.32 Å². The normalized spacial score (nSPS) is 14.8. The molecule has 9 nitrogen and oxygen atoms in total. The van der Waals surface area contributed by atoms with E-state index in [1.807, 2.05) is 28.9 Å². The summed E-state index contributed by atoms with van der Waals surface area (Å²) < 4.78 is 1.98. The van der Waals surface area contributed by atoms with Crippen LogP contribution >= 0.6 is 0 Å². The van der Waals surface area contributed by atoms with Gasteiger partial charge in [-0.1, -0.05) is 51.1 Å². The van der Waals surface area contributed by atoms with Crippen LogP contribution in [0.5, 0.6) is 0 Å². The second-order valence-corrected chi connectivity index (χ2v) is 10.8. The summed E-state index contributed by atoms with van der Waals surface area (Å²) in [7, 11) is 0. The number of hydrogen-bond acceptors (Lipinski definition) is 6. The van der Waals surface area contributed by atoms with Crippen LogP contribution in [-0.2, 0) is 10.2 Å². The van der Waals surface area contributed by atoms with Crippen LogP contribution in [-0.4, -0.2) is 47.4 Å². The Bertz CT molecular complexity index is 1780. The number of fused-ring (bicyclic) bond motifs is 2. The van der Waals surface area contributed by atoms with E-state index in [0.29, 0.717) is 5.78 Å². The minimum absolute atomic E-state index is 0.138. The van der Waals surface area contributed by atoms with E-state index in [1.54, 1.807) is 51.5 Å². The van der Waals surface area contributed by atoms with Gasteiger partial charge in [0.25, 0.3) is 5.91 Å². The number of nitrogens with one attached hydrogen (secondary N) is 1. The second-order valence-electron chi connectivity index (χ2n) is 10.8. The summed E-state index contributed by atoms with van der Waals surface area (Å²) in [6, 6.07) is 12.6. The Hall–Kier alpha value is -4.92. The predicted molar refractivity (Wildman–Crippen MR) is 146 cm³/mol. The zero-order chi connectivity index (χ0) is 27.4. The molecule has 0 fully saturated rings. The molecule has 2 N–H and O–H groups in total. The van der Waals surface area contributed by atoms with Gasteiger partial charge in [0.2, 0.25) is 5.78 Å². The molecule has 1 aliphatic rings. The van der Waals surface area contributed by atoms with E-state index >= 15 is 0 Å². The van der Waals surface area contributed by atoms with Gasteiger partial charge in [0.05, 0.1) is 22.8 Å². The topological polar surface area (TPSA) is 122 Å². The summed E-state index contributed by atoms with van der Waals surface area (Å²) in [5.74, 6) is -1.05. The van der Waals surface area contributed by atoms with Gasteiger partial charge in [0.15, 0.2) is 0 Å². The molecule has 0 saturated carbocycles. The van der Waals surface area contributed by atoms with Crippen molar-refractivity contribution in [1.29, 1.82) is 0 Å². The number of carboxylic acids is 1. The molecule has 6 rings (SSSR count). The van der Waals surface area contributed by atoms with Crippen molar-refractivity contribution in [3.05, 3.63) is 103 Å². The average Bonchev–Trinajstić information content (AvgIpc) is 3.62. The Morgan fingerprint density at radius 3 is 2.41 bits per heavy atom. The van der Waals surface area contributed by atoms with Crippen LogP contribution in [0.1, 0.15) is 42.5 Å². The van der Waals surface area contributed by atoms with Crippen molar-refractivity contribution in [2.45, 2.75) is 32.2 Å². The van der Waals surface area contributed by atoms with Crippen LogP contribution in [0, 0.1) is 5.41 Å². The summed E-state index contributed by atoms with van der Waals surface area (Å²) >= 11 is 0. The van der Waals surface area contributed by atoms with Gasteiger partial charge in [-0.2, -0.15) is 0 Å². The van der Waals surface area contributed by atoms with Crippen LogP contribution in [0.15, 0.2) is 85.6 Å². The third-order valence-electron chi connectivity index (χ3n) is 7.09. The monoisotopic (exact) mass is 518 g/mol. The van der Waals surface area contributed by atoms with Gasteiger partial charge in [-0.25, -0.2) is 14.8 Å². The summed E-state index contributed by atoms with van der Waals surface area (Å²) in [4.78, 5) is 42.1. The minimum Gasteiger partial charge on any atom is -0.480 e. The number of amides is 1. The fourth-order valence-corrected chi connectivity index (χ4v) is 4.81. The lowest BCUT2D eigenvalue weighted by Crippen LogP contribution is -2.49. The Balaban J connectivity index is 1.30. The highest BCUT2D eigenvalue weighted by Crippen LogP contribution is 2.45. The Morgan fingerprint density at radius 1 is 0.949 bits per heavy atom. The highest BCUT2D eigenvalue weighted by molar-refractivity contribution is 5.95. The molecular weight excluding hydrogens is 492 g/mol. The van der Waals surface area contributed by atoms with E-state index in [0.717, 1.165) is 33.3 Å². The van der Waals surface area contributed by atoms with Crippen molar-refractivity contribution in [3.8, 4) is 11.1 Å². The third-order valence-corrected chi connectivity index (χ3v) is 7.09. The lowest BCUT2D eigenvalue weighted by molar-refractivity contribution is -0.142. The molecule has 194 valence electrons. The highest BCUT2D eigenvalue weighted by atomic mass is 16.4. The van der Waals surface area contributed by atoms with E-state index in [1.165, 1.54) is 0 Å². The summed E-state index contributed by atoms with van der Waals surface area (Å²) in [6.07, 6.45) is 13.2. The summed E-state index contributed by atoms with van der Waals surface area (Å²) in [6.45, 7) is 5.28. The molecule has 1 atom stereocenters. The average molecular weight is 519 g/mol. The van der Waals surface area contributed by atoms with Gasteiger partial charge in [0.1, 0.15) is 11.7 Å². The Labute approximate surface area is 224 Å². The van der Waals surface area contributed by atoms with E-state index in [2.05, 4.69) is 55.6 Å². The van der Waals surface area contributed by atoms with Gasteiger partial charge in [-0.15, -0.1) is 0 Å². The van der Waals surface area contributed by atoms with Crippen LogP contribution in [0.25, 0.3) is 27.8 Å². The number of benzene rings is 1. The first-order chi connectivity index (χ1) is 18.7. The quantitative estimate of drug-likeness (QED) is 0.319. The molecule has 0 bridgehead atoms. The smallest absolute Gasteiger partial charge is 0.326 e. The first-order valence-electron chi connectivity index (χ1n) is 12.5. The molecule has 0 aliphatic heterocycles. The molecule has 4 heterocycles. The van der Waals surface area contributed by atoms with Gasteiger partial charge < -0.3 is 10.4 Å². The number of allylic oxidation sites excluding steroid dienone is 2. The minimum atomic E-state index is -1.09. The molecule has 0 radical (unpaired) electrons. The SMILES string of the molecule is CC(C)(C)[C@H](NC(=O)c1ccc(-c2cnc3ncc(C4(c5ccc6ncccc6c5)C=C4)n3c2)cn1)C(=O)O. The van der Waals surface area contributed by atoms with Crippen LogP contribution in [0.2, 0.25) is 0 Å². The number of hydrogen-bond donors (Lipinski definition) is 2. The molecular formula is C30H26N6O3. The van der Waals surface area contributed by atoms with Gasteiger partial charge >= 0.3 is 5.97 Å². The second kappa shape index (κ2) is 8.83. The molecule has 5 aromatic rings. The van der Waals surface area contributed by atoms with E-state index in [4.69, 9.17) is 0 Å². The zero-order valence-electron chi connectivity index (χ0n) is 21.7. The number of aromatic nitrogens is 5. The molecule has 0 spiro atoms. The molecule has 1 aromatic carbocycles. The Kier molecular flexibility index (Phi) is 5.53. The fourth-order valence-electron chi connectivity index (χ4n) is 4.81. The van der Waals surface area contributed by atoms with Crippen molar-refractivity contribution in [2.24, 2.45) is 5.41 Å². The first kappa shape index (κ1) is 24.4. The maximum Gasteiger partial charge on any atom is 0.326 e. The van der Waals surface area contributed by atoms with Gasteiger partial charge in [-0.05, 0) is 35.2 Å². The third kappa shape index (κ3) is 4.31. The largest absolute Gasteiger partial charge is 0.480 e. The Morgan fingerprint density at radius 2 is 1.72 bits per heavy atom. The zero-order valence-corrected chi connectivity index (χ0v) is 21.7. The number of carbonyl (C=O) groups is 2. The van der Waals surface area contributed by atoms with Crippen molar-refractivity contribution >= 4 is 28.6 Å². The number of carboxylic acid groups (broad SMARTS) is 1. The highest BCUT2D eigenvalue weighted by Gasteiger charge is 2.41. The van der Waals surface area contributed by atoms with Crippen molar-refractivity contribution in [1.82, 2.24) is 29.7 Å². The van der Waals surface area contributed by atoms with Crippen molar-refractivity contribution in [2.75, 3.05) is 0 Å². The number of carbonyl (C=O) groups excluding carboxylic acids is 1. The summed E-state index contributed by atoms with van der Waals surface area (Å²) in [5.41, 5.74) is 3.72. The van der Waals surface area contributed by atoms with Crippen LogP contribution in [0.4, 0.5) is 0 Å². The maximum absolute atomic E-state index is 12.7. The number of rotatable bonds is 6. The maximum atomic E-state index is 12.7. The molecule has 1 aliphatic carbocycles. The van der Waals surface area contributed by atoms with E-state index < -0.39 is 23.3 Å². The molecule has 4 aromatic heterocycles.